The van der Waals surface area contributed by atoms with Gasteiger partial charge in [-0.15, -0.1) is 5.10 Å². The van der Waals surface area contributed by atoms with Crippen molar-refractivity contribution in [2.75, 3.05) is 0 Å². The fraction of sp³-hybridized carbons (Fsp3) is 0.300. The van der Waals surface area contributed by atoms with Crippen LogP contribution in [0.25, 0.3) is 0 Å². The van der Waals surface area contributed by atoms with Gasteiger partial charge in [0.05, 0.1) is 12.0 Å². The van der Waals surface area contributed by atoms with E-state index in [0.717, 1.165) is 5.76 Å². The average molecular weight is 278 g/mol. The molecule has 9 heteroatoms. The van der Waals surface area contributed by atoms with E-state index in [0.29, 0.717) is 29.2 Å². The third-order valence-electron chi connectivity index (χ3n) is 2.28. The molecule has 3 aromatic rings. The van der Waals surface area contributed by atoms with Crippen LogP contribution in [0.2, 0.25) is 0 Å². The first-order valence-corrected chi connectivity index (χ1v) is 6.50. The normalized spacial score (nSPS) is 11.0. The van der Waals surface area contributed by atoms with Crippen molar-refractivity contribution in [2.24, 2.45) is 0 Å². The van der Waals surface area contributed by atoms with Gasteiger partial charge in [-0.1, -0.05) is 16.9 Å². The van der Waals surface area contributed by atoms with Crippen LogP contribution in [0.4, 0.5) is 0 Å². The van der Waals surface area contributed by atoms with E-state index < -0.39 is 0 Å². The second-order valence-electron chi connectivity index (χ2n) is 3.72. The number of hydrogen-bond donors (Lipinski definition) is 0. The zero-order valence-corrected chi connectivity index (χ0v) is 10.9. The number of aryl methyl sites for hydroxylation is 1. The van der Waals surface area contributed by atoms with Crippen LogP contribution in [0.15, 0.2) is 32.5 Å². The number of rotatable bonds is 5. The second kappa shape index (κ2) is 5.22. The molecule has 0 atom stereocenters. The topological polar surface area (TPSA) is 95.7 Å². The van der Waals surface area contributed by atoms with Gasteiger partial charge in [0, 0.05) is 0 Å². The number of furan rings is 1. The summed E-state index contributed by atoms with van der Waals surface area (Å²) in [6.07, 6.45) is 1.62. The molecule has 0 saturated heterocycles. The molecule has 8 nitrogen and oxygen atoms in total. The summed E-state index contributed by atoms with van der Waals surface area (Å²) in [5.74, 6) is 2.49. The first-order chi connectivity index (χ1) is 9.31. The highest BCUT2D eigenvalue weighted by Gasteiger charge is 2.11. The molecular weight excluding hydrogens is 268 g/mol. The molecule has 19 heavy (non-hydrogen) atoms. The molecule has 98 valence electrons. The van der Waals surface area contributed by atoms with Gasteiger partial charge in [-0.05, 0) is 29.5 Å². The fourth-order valence-corrected chi connectivity index (χ4v) is 2.19. The maximum absolute atomic E-state index is 5.26. The van der Waals surface area contributed by atoms with Gasteiger partial charge in [-0.2, -0.15) is 4.98 Å². The van der Waals surface area contributed by atoms with Crippen LogP contribution in [-0.4, -0.2) is 30.3 Å². The Bertz CT molecular complexity index is 647. The zero-order chi connectivity index (χ0) is 13.1. The van der Waals surface area contributed by atoms with Gasteiger partial charge in [-0.25, -0.2) is 4.68 Å². The van der Waals surface area contributed by atoms with E-state index in [1.54, 1.807) is 17.9 Å². The maximum atomic E-state index is 5.26. The standard InChI is InChI=1S/C10H10N6O2S/c1-7-11-9(18-13-7)6-19-10-12-14-15-16(10)5-8-3-2-4-17-8/h2-4H,5-6H2,1H3. The zero-order valence-electron chi connectivity index (χ0n) is 10.1. The van der Waals surface area contributed by atoms with Crippen LogP contribution in [0, 0.1) is 6.92 Å². The number of tetrazole rings is 1. The van der Waals surface area contributed by atoms with Crippen molar-refractivity contribution in [3.8, 4) is 0 Å². The predicted molar refractivity (Wildman–Crippen MR) is 64.2 cm³/mol. The van der Waals surface area contributed by atoms with Crippen molar-refractivity contribution in [3.05, 3.63) is 35.9 Å². The molecule has 0 radical (unpaired) electrons. The second-order valence-corrected chi connectivity index (χ2v) is 4.66. The first kappa shape index (κ1) is 11.9. The van der Waals surface area contributed by atoms with Crippen molar-refractivity contribution in [3.63, 3.8) is 0 Å². The molecule has 3 heterocycles. The Kier molecular flexibility index (Phi) is 3.27. The Morgan fingerprint density at radius 2 is 2.37 bits per heavy atom. The van der Waals surface area contributed by atoms with Gasteiger partial charge in [0.1, 0.15) is 12.3 Å². The molecule has 0 spiro atoms. The third kappa shape index (κ3) is 2.81. The molecule has 0 aliphatic carbocycles. The predicted octanol–water partition coefficient (Wildman–Crippen LogP) is 1.30. The van der Waals surface area contributed by atoms with Crippen molar-refractivity contribution in [1.82, 2.24) is 30.3 Å². The van der Waals surface area contributed by atoms with E-state index in [1.165, 1.54) is 11.8 Å². The molecule has 0 fully saturated rings. The molecule has 0 bridgehead atoms. The lowest BCUT2D eigenvalue weighted by molar-refractivity contribution is 0.387. The minimum atomic E-state index is 0.491. The SMILES string of the molecule is Cc1noc(CSc2nnnn2Cc2ccco2)n1. The lowest BCUT2D eigenvalue weighted by Crippen LogP contribution is -2.03. The van der Waals surface area contributed by atoms with Gasteiger partial charge >= 0.3 is 0 Å². The number of aromatic nitrogens is 6. The highest BCUT2D eigenvalue weighted by molar-refractivity contribution is 7.98. The Morgan fingerprint density at radius 3 is 3.11 bits per heavy atom. The smallest absolute Gasteiger partial charge is 0.237 e. The summed E-state index contributed by atoms with van der Waals surface area (Å²) in [7, 11) is 0. The minimum absolute atomic E-state index is 0.491. The van der Waals surface area contributed by atoms with E-state index in [1.807, 2.05) is 12.1 Å². The van der Waals surface area contributed by atoms with Gasteiger partial charge in [0.15, 0.2) is 5.82 Å². The molecule has 0 unspecified atom stereocenters. The van der Waals surface area contributed by atoms with Crippen LogP contribution in [0.3, 0.4) is 0 Å². The summed E-state index contributed by atoms with van der Waals surface area (Å²) in [4.78, 5) is 4.12. The third-order valence-corrected chi connectivity index (χ3v) is 3.22. The van der Waals surface area contributed by atoms with Crippen molar-refractivity contribution in [2.45, 2.75) is 24.4 Å². The summed E-state index contributed by atoms with van der Waals surface area (Å²) in [6, 6.07) is 3.70. The van der Waals surface area contributed by atoms with Crippen LogP contribution < -0.4 is 0 Å². The van der Waals surface area contributed by atoms with E-state index in [4.69, 9.17) is 8.94 Å². The minimum Gasteiger partial charge on any atom is -0.467 e. The molecule has 0 aliphatic heterocycles. The highest BCUT2D eigenvalue weighted by Crippen LogP contribution is 2.19. The van der Waals surface area contributed by atoms with Crippen LogP contribution >= 0.6 is 11.8 Å². The van der Waals surface area contributed by atoms with Gasteiger partial charge in [-0.3, -0.25) is 0 Å². The molecule has 3 aromatic heterocycles. The van der Waals surface area contributed by atoms with Gasteiger partial charge < -0.3 is 8.94 Å². The summed E-state index contributed by atoms with van der Waals surface area (Å²) in [6.45, 7) is 2.27. The maximum Gasteiger partial charge on any atom is 0.237 e. The summed E-state index contributed by atoms with van der Waals surface area (Å²) >= 11 is 1.43. The van der Waals surface area contributed by atoms with E-state index in [-0.39, 0.29) is 0 Å². The Balaban J connectivity index is 1.66. The quantitative estimate of drug-likeness (QED) is 0.644. The molecule has 3 rings (SSSR count). The molecule has 0 amide bonds. The molecule has 0 N–H and O–H groups in total. The largest absolute Gasteiger partial charge is 0.467 e. The monoisotopic (exact) mass is 278 g/mol. The van der Waals surface area contributed by atoms with Crippen LogP contribution in [0.1, 0.15) is 17.5 Å². The summed E-state index contributed by atoms with van der Waals surface area (Å²) < 4.78 is 12.0. The summed E-state index contributed by atoms with van der Waals surface area (Å²) in [5, 5.41) is 15.9. The number of thioether (sulfide) groups is 1. The van der Waals surface area contributed by atoms with Crippen molar-refractivity contribution < 1.29 is 8.94 Å². The van der Waals surface area contributed by atoms with E-state index in [2.05, 4.69) is 25.7 Å². The van der Waals surface area contributed by atoms with Crippen LogP contribution in [0.5, 0.6) is 0 Å². The Labute approximate surface area is 112 Å². The molecule has 0 aliphatic rings. The van der Waals surface area contributed by atoms with Crippen molar-refractivity contribution in [1.29, 1.82) is 0 Å². The fourth-order valence-electron chi connectivity index (χ4n) is 1.47. The van der Waals surface area contributed by atoms with E-state index in [9.17, 15) is 0 Å². The Hall–Kier alpha value is -2.16. The molecular formula is C10H10N6O2S. The molecule has 0 saturated carbocycles. The lowest BCUT2D eigenvalue weighted by Gasteiger charge is -2.00. The average Bonchev–Trinajstić information content (AvgIpc) is 3.10. The van der Waals surface area contributed by atoms with Crippen LogP contribution in [-0.2, 0) is 12.3 Å². The highest BCUT2D eigenvalue weighted by atomic mass is 32.2. The van der Waals surface area contributed by atoms with Crippen molar-refractivity contribution >= 4 is 11.8 Å². The van der Waals surface area contributed by atoms with Gasteiger partial charge in [0.25, 0.3) is 0 Å². The van der Waals surface area contributed by atoms with Gasteiger partial charge in [0.2, 0.25) is 11.0 Å². The summed E-state index contributed by atoms with van der Waals surface area (Å²) in [5.41, 5.74) is 0. The lowest BCUT2D eigenvalue weighted by atomic mass is 10.4. The Morgan fingerprint density at radius 1 is 1.42 bits per heavy atom. The first-order valence-electron chi connectivity index (χ1n) is 5.52. The number of hydrogen-bond acceptors (Lipinski definition) is 8. The number of nitrogens with zero attached hydrogens (tertiary/aromatic N) is 6. The molecule has 0 aromatic carbocycles. The van der Waals surface area contributed by atoms with E-state index >= 15 is 0 Å².